The Hall–Kier alpha value is -3.20. The SMILES string of the molecule is CC(CC(NCc1ccc2ccccc2c1)C(N)=O)NC(=N)N[N+](=O)[O-]. The van der Waals surface area contributed by atoms with Gasteiger partial charge in [-0.3, -0.25) is 10.2 Å². The summed E-state index contributed by atoms with van der Waals surface area (Å²) in [6.45, 7) is 2.17. The van der Waals surface area contributed by atoms with Crippen LogP contribution >= 0.6 is 0 Å². The van der Waals surface area contributed by atoms with E-state index < -0.39 is 22.9 Å². The van der Waals surface area contributed by atoms with E-state index in [-0.39, 0.29) is 12.5 Å². The van der Waals surface area contributed by atoms with Crippen LogP contribution < -0.4 is 21.8 Å². The van der Waals surface area contributed by atoms with Crippen molar-refractivity contribution in [2.24, 2.45) is 5.73 Å². The Bertz CT molecular complexity index is 810. The zero-order chi connectivity index (χ0) is 19.1. The number of nitrogens with two attached hydrogens (primary N) is 1. The molecule has 2 unspecified atom stereocenters. The van der Waals surface area contributed by atoms with E-state index in [9.17, 15) is 14.9 Å². The molecule has 2 rings (SSSR count). The fourth-order valence-electron chi connectivity index (χ4n) is 2.67. The molecule has 0 bridgehead atoms. The van der Waals surface area contributed by atoms with Crippen molar-refractivity contribution in [2.45, 2.75) is 32.0 Å². The standard InChI is InChI=1S/C17H22N6O3/c1-11(21-17(19)22-23(25)26)8-15(16(18)24)20-10-12-6-7-13-4-2-3-5-14(13)9-12/h2-7,9,11,15,20H,8,10H2,1H3,(H2,18,24)(H3,19,21,22). The molecule has 26 heavy (non-hydrogen) atoms. The minimum Gasteiger partial charge on any atom is -0.368 e. The fourth-order valence-corrected chi connectivity index (χ4v) is 2.67. The van der Waals surface area contributed by atoms with Crippen LogP contribution in [0.25, 0.3) is 10.8 Å². The van der Waals surface area contributed by atoms with Crippen molar-refractivity contribution < 1.29 is 9.83 Å². The second-order valence-electron chi connectivity index (χ2n) is 6.04. The second-order valence-corrected chi connectivity index (χ2v) is 6.04. The number of fused-ring (bicyclic) bond motifs is 1. The molecule has 0 radical (unpaired) electrons. The molecule has 0 aliphatic rings. The van der Waals surface area contributed by atoms with Crippen molar-refractivity contribution in [3.05, 3.63) is 58.1 Å². The molecule has 2 aromatic carbocycles. The Balaban J connectivity index is 1.93. The van der Waals surface area contributed by atoms with Crippen LogP contribution in [-0.2, 0) is 11.3 Å². The number of amides is 1. The van der Waals surface area contributed by atoms with E-state index in [1.54, 1.807) is 12.3 Å². The number of hydrogen-bond acceptors (Lipinski definition) is 5. The van der Waals surface area contributed by atoms with Crippen LogP contribution in [0.3, 0.4) is 0 Å². The largest absolute Gasteiger partial charge is 0.368 e. The second kappa shape index (κ2) is 8.77. The van der Waals surface area contributed by atoms with E-state index >= 15 is 0 Å². The first-order valence-electron chi connectivity index (χ1n) is 8.11. The maximum Gasteiger partial charge on any atom is 0.251 e. The number of primary amides is 1. The maximum absolute atomic E-state index is 11.7. The molecule has 9 heteroatoms. The van der Waals surface area contributed by atoms with Gasteiger partial charge < -0.3 is 16.4 Å². The summed E-state index contributed by atoms with van der Waals surface area (Å²) < 4.78 is 0. The Morgan fingerprint density at radius 2 is 1.96 bits per heavy atom. The number of benzene rings is 2. The number of guanidine groups is 1. The number of hydrogen-bond donors (Lipinski definition) is 5. The zero-order valence-electron chi connectivity index (χ0n) is 14.4. The molecule has 0 aliphatic carbocycles. The van der Waals surface area contributed by atoms with Crippen molar-refractivity contribution in [3.63, 3.8) is 0 Å². The van der Waals surface area contributed by atoms with Crippen LogP contribution in [0.5, 0.6) is 0 Å². The smallest absolute Gasteiger partial charge is 0.251 e. The van der Waals surface area contributed by atoms with E-state index in [2.05, 4.69) is 10.6 Å². The third-order valence-corrected chi connectivity index (χ3v) is 3.89. The molecule has 138 valence electrons. The number of nitrogens with one attached hydrogen (secondary N) is 4. The van der Waals surface area contributed by atoms with Gasteiger partial charge in [0.05, 0.1) is 6.04 Å². The zero-order valence-corrected chi connectivity index (χ0v) is 14.4. The molecule has 0 saturated heterocycles. The number of carbonyl (C=O) groups is 1. The Kier molecular flexibility index (Phi) is 6.45. The molecule has 0 fully saturated rings. The minimum absolute atomic E-state index is 0.282. The molecule has 2 aromatic rings. The highest BCUT2D eigenvalue weighted by Crippen LogP contribution is 2.15. The summed E-state index contributed by atoms with van der Waals surface area (Å²) in [4.78, 5) is 22.0. The van der Waals surface area contributed by atoms with Crippen LogP contribution in [0.2, 0.25) is 0 Å². The fraction of sp³-hybridized carbons (Fsp3) is 0.294. The predicted octanol–water partition coefficient (Wildman–Crippen LogP) is 0.868. The van der Waals surface area contributed by atoms with Gasteiger partial charge in [-0.25, -0.2) is 10.1 Å². The van der Waals surface area contributed by atoms with E-state index in [1.807, 2.05) is 42.5 Å². The number of hydrazine groups is 1. The van der Waals surface area contributed by atoms with E-state index in [1.165, 1.54) is 0 Å². The number of carbonyl (C=O) groups excluding carboxylic acids is 1. The normalized spacial score (nSPS) is 13.0. The lowest BCUT2D eigenvalue weighted by molar-refractivity contribution is -0.525. The van der Waals surface area contributed by atoms with Gasteiger partial charge in [-0.05, 0) is 35.7 Å². The van der Waals surface area contributed by atoms with E-state index in [4.69, 9.17) is 11.1 Å². The predicted molar refractivity (Wildman–Crippen MR) is 98.8 cm³/mol. The van der Waals surface area contributed by atoms with Gasteiger partial charge in [0.1, 0.15) is 0 Å². The van der Waals surface area contributed by atoms with Crippen molar-refractivity contribution in [1.29, 1.82) is 5.41 Å². The lowest BCUT2D eigenvalue weighted by Gasteiger charge is -2.21. The summed E-state index contributed by atoms with van der Waals surface area (Å²) in [5, 5.41) is 24.8. The van der Waals surface area contributed by atoms with E-state index in [0.29, 0.717) is 6.54 Å². The van der Waals surface area contributed by atoms with Crippen LogP contribution in [0, 0.1) is 15.5 Å². The average Bonchev–Trinajstić information content (AvgIpc) is 2.57. The van der Waals surface area contributed by atoms with Crippen molar-refractivity contribution in [2.75, 3.05) is 0 Å². The minimum atomic E-state index is -0.828. The van der Waals surface area contributed by atoms with Gasteiger partial charge >= 0.3 is 0 Å². The molecule has 0 spiro atoms. The van der Waals surface area contributed by atoms with Gasteiger partial charge in [-0.1, -0.05) is 41.8 Å². The van der Waals surface area contributed by atoms with Gasteiger partial charge in [0, 0.05) is 12.6 Å². The molecular formula is C17H22N6O3. The van der Waals surface area contributed by atoms with Crippen LogP contribution in [-0.4, -0.2) is 29.0 Å². The maximum atomic E-state index is 11.7. The summed E-state index contributed by atoms with van der Waals surface area (Å²) in [7, 11) is 0. The van der Waals surface area contributed by atoms with Gasteiger partial charge in [0.25, 0.3) is 5.96 Å². The van der Waals surface area contributed by atoms with Crippen molar-refractivity contribution >= 4 is 22.6 Å². The molecule has 1 amide bonds. The van der Waals surface area contributed by atoms with Crippen molar-refractivity contribution in [3.8, 4) is 0 Å². The average molecular weight is 358 g/mol. The first-order valence-corrected chi connectivity index (χ1v) is 8.11. The van der Waals surface area contributed by atoms with Crippen LogP contribution in [0.15, 0.2) is 42.5 Å². The van der Waals surface area contributed by atoms with Crippen molar-refractivity contribution in [1.82, 2.24) is 16.1 Å². The van der Waals surface area contributed by atoms with Gasteiger partial charge in [-0.15, -0.1) is 0 Å². The first kappa shape index (κ1) is 19.1. The molecule has 0 heterocycles. The molecule has 2 atom stereocenters. The third-order valence-electron chi connectivity index (χ3n) is 3.89. The number of rotatable bonds is 8. The number of nitrogens with zero attached hydrogens (tertiary/aromatic N) is 1. The lowest BCUT2D eigenvalue weighted by Crippen LogP contribution is -2.49. The molecule has 9 nitrogen and oxygen atoms in total. The Morgan fingerprint density at radius 1 is 1.27 bits per heavy atom. The highest BCUT2D eigenvalue weighted by Gasteiger charge is 2.19. The molecule has 0 saturated carbocycles. The monoisotopic (exact) mass is 358 g/mol. The molecule has 0 aromatic heterocycles. The summed E-state index contributed by atoms with van der Waals surface area (Å²) in [5.74, 6) is -0.964. The van der Waals surface area contributed by atoms with Gasteiger partial charge in [0.2, 0.25) is 5.91 Å². The van der Waals surface area contributed by atoms with Gasteiger partial charge in [-0.2, -0.15) is 0 Å². The topological polar surface area (TPSA) is 146 Å². The molecule has 6 N–H and O–H groups in total. The highest BCUT2D eigenvalue weighted by atomic mass is 16.7. The lowest BCUT2D eigenvalue weighted by atomic mass is 10.1. The van der Waals surface area contributed by atoms with E-state index in [0.717, 1.165) is 16.3 Å². The summed E-state index contributed by atoms with van der Waals surface area (Å²) in [6.07, 6.45) is 0.282. The van der Waals surface area contributed by atoms with Crippen LogP contribution in [0.4, 0.5) is 0 Å². The summed E-state index contributed by atoms with van der Waals surface area (Å²) in [6, 6.07) is 13.0. The van der Waals surface area contributed by atoms with Gasteiger partial charge in [0.15, 0.2) is 5.03 Å². The highest BCUT2D eigenvalue weighted by molar-refractivity contribution is 5.83. The summed E-state index contributed by atoms with van der Waals surface area (Å²) >= 11 is 0. The third kappa shape index (κ3) is 5.71. The molecular weight excluding hydrogens is 336 g/mol. The number of nitro groups is 1. The van der Waals surface area contributed by atoms with Crippen LogP contribution in [0.1, 0.15) is 18.9 Å². The quantitative estimate of drug-likeness (QED) is 0.205. The molecule has 0 aliphatic heterocycles. The Morgan fingerprint density at radius 3 is 2.62 bits per heavy atom. The summed E-state index contributed by atoms with van der Waals surface area (Å²) in [5.41, 5.74) is 8.17. The Labute approximate surface area is 150 Å². The first-order chi connectivity index (χ1) is 12.3.